The van der Waals surface area contributed by atoms with Gasteiger partial charge >= 0.3 is 0 Å². The third-order valence-corrected chi connectivity index (χ3v) is 4.03. The number of nitrogens with zero attached hydrogens (tertiary/aromatic N) is 2. The van der Waals surface area contributed by atoms with E-state index in [-0.39, 0.29) is 5.91 Å². The van der Waals surface area contributed by atoms with Crippen molar-refractivity contribution in [2.75, 3.05) is 37.8 Å². The molecule has 0 aliphatic carbocycles. The molecule has 1 aromatic heterocycles. The average Bonchev–Trinajstić information content (AvgIpc) is 2.68. The van der Waals surface area contributed by atoms with E-state index in [1.54, 1.807) is 19.0 Å². The summed E-state index contributed by atoms with van der Waals surface area (Å²) in [5.41, 5.74) is 6.60. The van der Waals surface area contributed by atoms with Crippen LogP contribution in [0.2, 0.25) is 0 Å². The molecule has 0 aromatic carbocycles. The first kappa shape index (κ1) is 16.8. The Bertz CT molecular complexity index is 442. The van der Waals surface area contributed by atoms with Crippen molar-refractivity contribution in [2.24, 2.45) is 11.8 Å². The topological polar surface area (TPSA) is 49.6 Å². The van der Waals surface area contributed by atoms with Crippen molar-refractivity contribution >= 4 is 27.9 Å². The van der Waals surface area contributed by atoms with E-state index in [1.165, 1.54) is 11.3 Å². The Kier molecular flexibility index (Phi) is 5.87. The molecule has 4 nitrogen and oxygen atoms in total. The molecule has 20 heavy (non-hydrogen) atoms. The van der Waals surface area contributed by atoms with Gasteiger partial charge in [0.1, 0.15) is 4.88 Å². The predicted octanol–water partition coefficient (Wildman–Crippen LogP) is 3.15. The largest absolute Gasteiger partial charge is 0.397 e. The average molecular weight is 297 g/mol. The zero-order chi connectivity index (χ0) is 15.4. The van der Waals surface area contributed by atoms with E-state index in [4.69, 9.17) is 5.73 Å². The lowest BCUT2D eigenvalue weighted by Gasteiger charge is -2.26. The third kappa shape index (κ3) is 4.40. The lowest BCUT2D eigenvalue weighted by molar-refractivity contribution is 0.0833. The number of nitrogens with two attached hydrogens (primary N) is 1. The maximum absolute atomic E-state index is 12.1. The Balaban J connectivity index is 3.03. The Morgan fingerprint density at radius 2 is 1.70 bits per heavy atom. The first-order chi connectivity index (χ1) is 9.22. The number of anilines is 2. The van der Waals surface area contributed by atoms with Crippen LogP contribution in [0.5, 0.6) is 0 Å². The van der Waals surface area contributed by atoms with Crippen LogP contribution in [0.4, 0.5) is 10.7 Å². The Morgan fingerprint density at radius 3 is 2.10 bits per heavy atom. The summed E-state index contributed by atoms with van der Waals surface area (Å²) in [6.07, 6.45) is 0. The molecule has 0 bridgehead atoms. The molecule has 0 atom stereocenters. The van der Waals surface area contributed by atoms with Crippen molar-refractivity contribution in [3.63, 3.8) is 0 Å². The van der Waals surface area contributed by atoms with E-state index in [0.717, 1.165) is 18.1 Å². The Morgan fingerprint density at radius 1 is 1.20 bits per heavy atom. The lowest BCUT2D eigenvalue weighted by Crippen LogP contribution is -2.30. The van der Waals surface area contributed by atoms with Crippen LogP contribution in [-0.2, 0) is 0 Å². The second-order valence-corrected chi connectivity index (χ2v) is 7.29. The van der Waals surface area contributed by atoms with Crippen molar-refractivity contribution in [3.8, 4) is 0 Å². The van der Waals surface area contributed by atoms with Crippen molar-refractivity contribution in [3.05, 3.63) is 10.9 Å². The van der Waals surface area contributed by atoms with Crippen molar-refractivity contribution < 1.29 is 4.79 Å². The fourth-order valence-corrected chi connectivity index (χ4v) is 3.17. The minimum absolute atomic E-state index is 0.0206. The summed E-state index contributed by atoms with van der Waals surface area (Å²) in [7, 11) is 3.50. The number of amides is 1. The highest BCUT2D eigenvalue weighted by atomic mass is 32.1. The number of hydrogen-bond donors (Lipinski definition) is 1. The van der Waals surface area contributed by atoms with Gasteiger partial charge in [-0.3, -0.25) is 4.79 Å². The number of rotatable bonds is 6. The molecule has 2 N–H and O–H groups in total. The zero-order valence-corrected chi connectivity index (χ0v) is 14.3. The molecule has 0 aliphatic rings. The number of carbonyl (C=O) groups is 1. The molecule has 1 amide bonds. The van der Waals surface area contributed by atoms with Gasteiger partial charge in [0.2, 0.25) is 0 Å². The van der Waals surface area contributed by atoms with E-state index in [1.807, 2.05) is 6.07 Å². The van der Waals surface area contributed by atoms with Gasteiger partial charge in [-0.25, -0.2) is 0 Å². The fraction of sp³-hybridized carbons (Fsp3) is 0.667. The summed E-state index contributed by atoms with van der Waals surface area (Å²) in [4.78, 5) is 16.6. The van der Waals surface area contributed by atoms with Crippen LogP contribution < -0.4 is 10.6 Å². The van der Waals surface area contributed by atoms with Crippen LogP contribution in [-0.4, -0.2) is 38.0 Å². The molecule has 0 spiro atoms. The van der Waals surface area contributed by atoms with Crippen LogP contribution in [0.1, 0.15) is 37.4 Å². The maximum Gasteiger partial charge on any atom is 0.265 e. The van der Waals surface area contributed by atoms with E-state index in [2.05, 4.69) is 32.6 Å². The smallest absolute Gasteiger partial charge is 0.265 e. The van der Waals surface area contributed by atoms with Gasteiger partial charge in [0.05, 0.1) is 10.7 Å². The normalized spacial score (nSPS) is 11.2. The fourth-order valence-electron chi connectivity index (χ4n) is 2.05. The lowest BCUT2D eigenvalue weighted by atomic mass is 10.1. The predicted molar refractivity (Wildman–Crippen MR) is 88.6 cm³/mol. The molecular weight excluding hydrogens is 270 g/mol. The van der Waals surface area contributed by atoms with Gasteiger partial charge in [0, 0.05) is 27.2 Å². The van der Waals surface area contributed by atoms with Crippen LogP contribution >= 0.6 is 11.3 Å². The molecule has 114 valence electrons. The SMILES string of the molecule is CC(C)CN(CC(C)C)c1cc(N)c(C(=O)N(C)C)s1. The minimum Gasteiger partial charge on any atom is -0.397 e. The molecule has 1 rings (SSSR count). The molecule has 0 saturated carbocycles. The number of nitrogen functional groups attached to an aromatic ring is 1. The van der Waals surface area contributed by atoms with Crippen LogP contribution in [0, 0.1) is 11.8 Å². The highest BCUT2D eigenvalue weighted by Crippen LogP contribution is 2.33. The minimum atomic E-state index is -0.0206. The molecule has 0 saturated heterocycles. The molecule has 1 aromatic rings. The quantitative estimate of drug-likeness (QED) is 0.877. The first-order valence-corrected chi connectivity index (χ1v) is 7.89. The van der Waals surface area contributed by atoms with E-state index < -0.39 is 0 Å². The molecule has 0 unspecified atom stereocenters. The molecular formula is C15H27N3OS. The molecule has 0 fully saturated rings. The standard InChI is InChI=1S/C15H27N3OS/c1-10(2)8-18(9-11(3)4)13-7-12(16)14(20-13)15(19)17(5)6/h7,10-11H,8-9,16H2,1-6H3. The number of hydrogen-bond acceptors (Lipinski definition) is 4. The summed E-state index contributed by atoms with van der Waals surface area (Å²) >= 11 is 1.50. The van der Waals surface area contributed by atoms with Gasteiger partial charge in [-0.15, -0.1) is 11.3 Å². The van der Waals surface area contributed by atoms with Crippen LogP contribution in [0.25, 0.3) is 0 Å². The monoisotopic (exact) mass is 297 g/mol. The molecule has 0 aliphatic heterocycles. The van der Waals surface area contributed by atoms with Gasteiger partial charge < -0.3 is 15.5 Å². The van der Waals surface area contributed by atoms with Gasteiger partial charge in [0.25, 0.3) is 5.91 Å². The van der Waals surface area contributed by atoms with Gasteiger partial charge in [-0.1, -0.05) is 27.7 Å². The summed E-state index contributed by atoms with van der Waals surface area (Å²) < 4.78 is 0. The summed E-state index contributed by atoms with van der Waals surface area (Å²) in [5.74, 6) is 1.13. The third-order valence-electron chi connectivity index (χ3n) is 2.83. The summed E-state index contributed by atoms with van der Waals surface area (Å²) in [5, 5.41) is 1.09. The van der Waals surface area contributed by atoms with Crippen LogP contribution in [0.15, 0.2) is 6.07 Å². The number of thiophene rings is 1. The molecule has 1 heterocycles. The van der Waals surface area contributed by atoms with Crippen molar-refractivity contribution in [2.45, 2.75) is 27.7 Å². The van der Waals surface area contributed by atoms with Gasteiger partial charge in [0.15, 0.2) is 0 Å². The second kappa shape index (κ2) is 6.97. The van der Waals surface area contributed by atoms with E-state index >= 15 is 0 Å². The maximum atomic E-state index is 12.1. The van der Waals surface area contributed by atoms with Gasteiger partial charge in [-0.05, 0) is 17.9 Å². The molecule has 5 heteroatoms. The van der Waals surface area contributed by atoms with Crippen LogP contribution in [0.3, 0.4) is 0 Å². The Hall–Kier alpha value is -1.23. The highest BCUT2D eigenvalue weighted by molar-refractivity contribution is 7.18. The van der Waals surface area contributed by atoms with Crippen molar-refractivity contribution in [1.82, 2.24) is 4.90 Å². The zero-order valence-electron chi connectivity index (χ0n) is 13.4. The van der Waals surface area contributed by atoms with Gasteiger partial charge in [-0.2, -0.15) is 0 Å². The first-order valence-electron chi connectivity index (χ1n) is 7.08. The number of carbonyl (C=O) groups excluding carboxylic acids is 1. The van der Waals surface area contributed by atoms with Crippen molar-refractivity contribution in [1.29, 1.82) is 0 Å². The van der Waals surface area contributed by atoms with E-state index in [0.29, 0.717) is 22.4 Å². The summed E-state index contributed by atoms with van der Waals surface area (Å²) in [6.45, 7) is 10.8. The Labute approximate surface area is 126 Å². The van der Waals surface area contributed by atoms with E-state index in [9.17, 15) is 4.79 Å². The highest BCUT2D eigenvalue weighted by Gasteiger charge is 2.20. The summed E-state index contributed by atoms with van der Waals surface area (Å²) in [6, 6.07) is 1.94. The molecule has 0 radical (unpaired) electrons. The second-order valence-electron chi connectivity index (χ2n) is 6.26.